The Balaban J connectivity index is 2.44. The van der Waals surface area contributed by atoms with Crippen LogP contribution in [0.25, 0.3) is 15.9 Å². The van der Waals surface area contributed by atoms with Gasteiger partial charge in [0.2, 0.25) is 0 Å². The van der Waals surface area contributed by atoms with Crippen molar-refractivity contribution in [2.24, 2.45) is 0 Å². The van der Waals surface area contributed by atoms with Crippen molar-refractivity contribution in [3.8, 4) is 5.69 Å². The number of hydrogen-bond acceptors (Lipinski definition) is 3. The number of benzene rings is 1. The van der Waals surface area contributed by atoms with Crippen LogP contribution >= 0.6 is 23.6 Å². The van der Waals surface area contributed by atoms with Crippen LogP contribution in [0.1, 0.15) is 5.56 Å². The van der Waals surface area contributed by atoms with E-state index in [2.05, 4.69) is 4.98 Å². The van der Waals surface area contributed by atoms with Gasteiger partial charge in [0, 0.05) is 6.07 Å². The molecule has 0 saturated heterocycles. The number of nitrogens with zero attached hydrogens (tertiary/aromatic N) is 1. The summed E-state index contributed by atoms with van der Waals surface area (Å²) in [5, 5.41) is 2.12. The zero-order valence-electron chi connectivity index (χ0n) is 10.2. The maximum atomic E-state index is 14.0. The van der Waals surface area contributed by atoms with Gasteiger partial charge in [0.25, 0.3) is 5.56 Å². The number of rotatable bonds is 1. The van der Waals surface area contributed by atoms with E-state index in [9.17, 15) is 13.6 Å². The van der Waals surface area contributed by atoms with Gasteiger partial charge in [-0.2, -0.15) is 0 Å². The number of thiophene rings is 1. The summed E-state index contributed by atoms with van der Waals surface area (Å²) in [6.45, 7) is 1.45. The Morgan fingerprint density at radius 1 is 1.30 bits per heavy atom. The molecule has 3 nitrogen and oxygen atoms in total. The lowest BCUT2D eigenvalue weighted by Gasteiger charge is -2.09. The summed E-state index contributed by atoms with van der Waals surface area (Å²) in [5.41, 5.74) is -0.481. The monoisotopic (exact) mass is 310 g/mol. The Bertz CT molecular complexity index is 940. The molecular weight excluding hydrogens is 302 g/mol. The standard InChI is InChI=1S/C13H8F2N2OS2/c1-6-4-9(15)10(5-8(6)14)17-12(18)7-2-3-20-11(7)16-13(17)19/h2-5H,1H3,(H,16,19). The van der Waals surface area contributed by atoms with Gasteiger partial charge in [0.15, 0.2) is 4.77 Å². The Morgan fingerprint density at radius 2 is 2.05 bits per heavy atom. The number of nitrogens with one attached hydrogen (secondary N) is 1. The van der Waals surface area contributed by atoms with E-state index in [0.29, 0.717) is 10.2 Å². The maximum Gasteiger partial charge on any atom is 0.267 e. The fraction of sp³-hybridized carbons (Fsp3) is 0.0769. The first kappa shape index (κ1) is 13.1. The minimum absolute atomic E-state index is 0.0344. The Hall–Kier alpha value is -1.86. The summed E-state index contributed by atoms with van der Waals surface area (Å²) in [6, 6.07) is 3.64. The van der Waals surface area contributed by atoms with Crippen LogP contribution < -0.4 is 5.56 Å². The molecule has 0 unspecified atom stereocenters. The second-order valence-electron chi connectivity index (χ2n) is 4.29. The number of halogens is 2. The third-order valence-corrected chi connectivity index (χ3v) is 4.11. The number of fused-ring (bicyclic) bond motifs is 1. The number of H-pyrrole nitrogens is 1. The smallest absolute Gasteiger partial charge is 0.267 e. The lowest BCUT2D eigenvalue weighted by atomic mass is 10.2. The van der Waals surface area contributed by atoms with Crippen molar-refractivity contribution in [1.82, 2.24) is 9.55 Å². The van der Waals surface area contributed by atoms with Gasteiger partial charge in [-0.3, -0.25) is 4.79 Å². The van der Waals surface area contributed by atoms with Gasteiger partial charge in [-0.25, -0.2) is 13.3 Å². The molecule has 3 rings (SSSR count). The van der Waals surface area contributed by atoms with Gasteiger partial charge in [-0.05, 0) is 42.2 Å². The fourth-order valence-electron chi connectivity index (χ4n) is 1.97. The van der Waals surface area contributed by atoms with Crippen LogP contribution in [-0.4, -0.2) is 9.55 Å². The van der Waals surface area contributed by atoms with Crippen molar-refractivity contribution in [1.29, 1.82) is 0 Å². The lowest BCUT2D eigenvalue weighted by Crippen LogP contribution is -2.21. The molecule has 102 valence electrons. The first-order chi connectivity index (χ1) is 9.49. The van der Waals surface area contributed by atoms with Crippen molar-refractivity contribution < 1.29 is 8.78 Å². The van der Waals surface area contributed by atoms with Crippen LogP contribution in [0.2, 0.25) is 0 Å². The van der Waals surface area contributed by atoms with Crippen molar-refractivity contribution in [3.05, 3.63) is 55.9 Å². The van der Waals surface area contributed by atoms with Crippen LogP contribution in [-0.2, 0) is 0 Å². The predicted octanol–water partition coefficient (Wildman–Crippen LogP) is 3.70. The highest BCUT2D eigenvalue weighted by Crippen LogP contribution is 2.20. The topological polar surface area (TPSA) is 37.8 Å². The second-order valence-corrected chi connectivity index (χ2v) is 5.59. The van der Waals surface area contributed by atoms with Crippen molar-refractivity contribution >= 4 is 33.8 Å². The molecule has 1 N–H and O–H groups in total. The molecule has 2 aromatic heterocycles. The molecule has 20 heavy (non-hydrogen) atoms. The fourth-order valence-corrected chi connectivity index (χ4v) is 3.09. The first-order valence-corrected chi connectivity index (χ1v) is 6.96. The normalized spacial score (nSPS) is 11.2. The van der Waals surface area contributed by atoms with Crippen molar-refractivity contribution in [3.63, 3.8) is 0 Å². The minimum Gasteiger partial charge on any atom is -0.323 e. The van der Waals surface area contributed by atoms with E-state index in [1.807, 2.05) is 0 Å². The van der Waals surface area contributed by atoms with E-state index in [4.69, 9.17) is 12.2 Å². The Morgan fingerprint density at radius 3 is 2.80 bits per heavy atom. The number of aromatic nitrogens is 2. The highest BCUT2D eigenvalue weighted by molar-refractivity contribution is 7.71. The van der Waals surface area contributed by atoms with Crippen LogP contribution in [0, 0.1) is 23.3 Å². The molecule has 0 bridgehead atoms. The molecule has 3 aromatic rings. The molecule has 0 aliphatic heterocycles. The van der Waals surface area contributed by atoms with Crippen LogP contribution in [0.5, 0.6) is 0 Å². The highest BCUT2D eigenvalue weighted by atomic mass is 32.1. The summed E-state index contributed by atoms with van der Waals surface area (Å²) in [7, 11) is 0. The number of hydrogen-bond donors (Lipinski definition) is 1. The molecule has 0 radical (unpaired) electrons. The average molecular weight is 310 g/mol. The third kappa shape index (κ3) is 1.90. The number of aromatic amines is 1. The van der Waals surface area contributed by atoms with Crippen LogP contribution in [0.4, 0.5) is 8.78 Å². The van der Waals surface area contributed by atoms with E-state index in [1.165, 1.54) is 18.3 Å². The summed E-state index contributed by atoms with van der Waals surface area (Å²) >= 11 is 6.40. The lowest BCUT2D eigenvalue weighted by molar-refractivity contribution is 0.583. The minimum atomic E-state index is -0.694. The van der Waals surface area contributed by atoms with Gasteiger partial charge in [-0.15, -0.1) is 11.3 Å². The van der Waals surface area contributed by atoms with Gasteiger partial charge in [0.05, 0.1) is 11.1 Å². The van der Waals surface area contributed by atoms with E-state index in [0.717, 1.165) is 16.7 Å². The molecule has 0 aliphatic rings. The van der Waals surface area contributed by atoms with E-state index >= 15 is 0 Å². The van der Waals surface area contributed by atoms with E-state index in [1.54, 1.807) is 11.4 Å². The second kappa shape index (κ2) is 4.60. The molecule has 0 amide bonds. The number of aryl methyl sites for hydroxylation is 1. The quantitative estimate of drug-likeness (QED) is 0.696. The zero-order valence-corrected chi connectivity index (χ0v) is 11.9. The third-order valence-electron chi connectivity index (χ3n) is 2.99. The molecule has 0 fully saturated rings. The predicted molar refractivity (Wildman–Crippen MR) is 77.3 cm³/mol. The van der Waals surface area contributed by atoms with Gasteiger partial charge in [-0.1, -0.05) is 0 Å². The van der Waals surface area contributed by atoms with E-state index < -0.39 is 17.2 Å². The zero-order chi connectivity index (χ0) is 14.4. The Labute approximate surface area is 121 Å². The summed E-state index contributed by atoms with van der Waals surface area (Å²) in [4.78, 5) is 15.8. The molecular formula is C13H8F2N2OS2. The first-order valence-electron chi connectivity index (χ1n) is 5.67. The van der Waals surface area contributed by atoms with Gasteiger partial charge in [0.1, 0.15) is 16.5 Å². The van der Waals surface area contributed by atoms with Gasteiger partial charge < -0.3 is 4.98 Å². The van der Waals surface area contributed by atoms with Crippen LogP contribution in [0.15, 0.2) is 28.4 Å². The molecule has 1 aromatic carbocycles. The van der Waals surface area contributed by atoms with Crippen molar-refractivity contribution in [2.75, 3.05) is 0 Å². The molecule has 0 aliphatic carbocycles. The van der Waals surface area contributed by atoms with Crippen molar-refractivity contribution in [2.45, 2.75) is 6.92 Å². The van der Waals surface area contributed by atoms with E-state index in [-0.39, 0.29) is 16.0 Å². The maximum absolute atomic E-state index is 14.0. The van der Waals surface area contributed by atoms with Gasteiger partial charge >= 0.3 is 0 Å². The summed E-state index contributed by atoms with van der Waals surface area (Å²) in [5.74, 6) is -1.28. The molecule has 0 atom stereocenters. The summed E-state index contributed by atoms with van der Waals surface area (Å²) in [6.07, 6.45) is 0. The Kier molecular flexibility index (Phi) is 3.02. The molecule has 7 heteroatoms. The van der Waals surface area contributed by atoms with Crippen LogP contribution in [0.3, 0.4) is 0 Å². The highest BCUT2D eigenvalue weighted by Gasteiger charge is 2.14. The summed E-state index contributed by atoms with van der Waals surface area (Å²) < 4.78 is 28.7. The largest absolute Gasteiger partial charge is 0.323 e. The molecule has 0 saturated carbocycles. The molecule has 2 heterocycles. The average Bonchev–Trinajstić information content (AvgIpc) is 2.83. The molecule has 0 spiro atoms. The SMILES string of the molecule is Cc1cc(F)c(-n2c(=S)[nH]c3sccc3c2=O)cc1F.